The van der Waals surface area contributed by atoms with Gasteiger partial charge < -0.3 is 37.2 Å². The van der Waals surface area contributed by atoms with E-state index in [0.29, 0.717) is 17.8 Å². The zero-order chi connectivity index (χ0) is 29.6. The van der Waals surface area contributed by atoms with E-state index >= 15 is 0 Å². The van der Waals surface area contributed by atoms with Crippen molar-refractivity contribution in [2.24, 2.45) is 0 Å². The summed E-state index contributed by atoms with van der Waals surface area (Å²) >= 11 is 2.33. The van der Waals surface area contributed by atoms with E-state index < -0.39 is 8.07 Å². The van der Waals surface area contributed by atoms with Gasteiger partial charge in [0.05, 0.1) is 0 Å². The molecule has 0 aromatic heterocycles. The van der Waals surface area contributed by atoms with Crippen LogP contribution in [0.1, 0.15) is 92.7 Å². The van der Waals surface area contributed by atoms with Crippen LogP contribution in [0, 0.1) is 0 Å². The predicted molar refractivity (Wildman–Crippen MR) is 180 cm³/mol. The number of hydrogen-bond acceptors (Lipinski definition) is 0. The van der Waals surface area contributed by atoms with Gasteiger partial charge in [0.2, 0.25) is 0 Å². The van der Waals surface area contributed by atoms with Gasteiger partial charge in [0.25, 0.3) is 0 Å². The quantitative estimate of drug-likeness (QED) is 0.152. The summed E-state index contributed by atoms with van der Waals surface area (Å²) in [5.41, 5.74) is 10.3. The van der Waals surface area contributed by atoms with Crippen LogP contribution in [0.4, 0.5) is 0 Å². The molecule has 230 valence electrons. The fraction of sp³-hybridized carbons (Fsp3) is 0.250. The van der Waals surface area contributed by atoms with E-state index in [0.717, 1.165) is 0 Å². The zero-order valence-corrected chi connectivity index (χ0v) is 31.7. The van der Waals surface area contributed by atoms with Gasteiger partial charge in [0.1, 0.15) is 0 Å². The molecule has 5 heteroatoms. The Morgan fingerprint density at radius 2 is 0.889 bits per heavy atom. The van der Waals surface area contributed by atoms with Crippen molar-refractivity contribution < 1.29 is 57.7 Å². The molecule has 0 saturated heterocycles. The van der Waals surface area contributed by atoms with E-state index in [9.17, 15) is 0 Å². The molecule has 0 aliphatic heterocycles. The van der Waals surface area contributed by atoms with Crippen molar-refractivity contribution in [2.45, 2.75) is 64.8 Å². The maximum absolute atomic E-state index is 2.76. The first-order valence-electron chi connectivity index (χ1n) is 15.5. The van der Waals surface area contributed by atoms with E-state index in [4.69, 9.17) is 0 Å². The second-order valence-corrected chi connectivity index (χ2v) is 17.7. The third-order valence-electron chi connectivity index (χ3n) is 9.42. The number of halogens is 3. The predicted octanol–water partition coefficient (Wildman–Crippen LogP) is -0.937. The molecule has 0 heterocycles. The van der Waals surface area contributed by atoms with Crippen molar-refractivity contribution in [3.8, 4) is 11.1 Å². The van der Waals surface area contributed by atoms with Gasteiger partial charge in [-0.2, -0.15) is 0 Å². The molecule has 0 amide bonds. The Kier molecular flexibility index (Phi) is 12.6. The van der Waals surface area contributed by atoms with E-state index in [1.807, 2.05) is 0 Å². The SMILES string of the molecule is CC(C)c1cccc([Si](c2cccc(C(C)C)c2)(c2cccc(C(C)C)c2)C2c3ccccc3-c3ccc[c]([Ti+3])c32)c1.[Cl-].[Cl-].[Cl-]. The van der Waals surface area contributed by atoms with Crippen molar-refractivity contribution in [3.63, 3.8) is 0 Å². The maximum atomic E-state index is 2.57. The maximum Gasteiger partial charge on any atom is -1.00 e. The molecule has 45 heavy (non-hydrogen) atoms. The Morgan fingerprint density at radius 1 is 0.489 bits per heavy atom. The normalized spacial score (nSPS) is 13.5. The molecule has 5 aromatic rings. The van der Waals surface area contributed by atoms with Crippen LogP contribution in [0.25, 0.3) is 11.1 Å². The van der Waals surface area contributed by atoms with E-state index in [1.54, 1.807) is 0 Å². The molecule has 0 fully saturated rings. The molecule has 1 aliphatic carbocycles. The molecular weight excluding hydrogens is 663 g/mol. The molecule has 0 bridgehead atoms. The van der Waals surface area contributed by atoms with Gasteiger partial charge in [-0.1, -0.05) is 0 Å². The molecule has 5 aromatic carbocycles. The van der Waals surface area contributed by atoms with Crippen LogP contribution in [0.5, 0.6) is 0 Å². The Labute approximate surface area is 302 Å². The molecule has 1 aliphatic rings. The summed E-state index contributed by atoms with van der Waals surface area (Å²) < 4.78 is 1.39. The van der Waals surface area contributed by atoms with Crippen molar-refractivity contribution >= 4 is 27.5 Å². The van der Waals surface area contributed by atoms with Gasteiger partial charge in [0, 0.05) is 0 Å². The Morgan fingerprint density at radius 3 is 1.33 bits per heavy atom. The summed E-state index contributed by atoms with van der Waals surface area (Å²) in [7, 11) is -2.76. The molecule has 1 unspecified atom stereocenters. The Bertz CT molecular complexity index is 1640. The molecule has 1 atom stereocenters. The van der Waals surface area contributed by atoms with Crippen molar-refractivity contribution in [3.05, 3.63) is 143 Å². The van der Waals surface area contributed by atoms with Crippen LogP contribution in [-0.4, -0.2) is 8.07 Å². The first kappa shape index (κ1) is 37.4. The zero-order valence-electron chi connectivity index (χ0n) is 26.9. The van der Waals surface area contributed by atoms with Crippen LogP contribution in [0.15, 0.2) is 115 Å². The van der Waals surface area contributed by atoms with Crippen LogP contribution < -0.4 is 56.6 Å². The van der Waals surface area contributed by atoms with Gasteiger partial charge >= 0.3 is 267 Å². The standard InChI is InChI=1S/C40H41Si.3ClH.Ti/c1-27(2)30-14-11-17-33(24-30)41(34-18-12-15-31(25-34)28(3)4,35-19-13-16-32(26-35)29(5)6)40-38-22-9-7-20-36(38)37-21-8-10-23-39(37)40;;;;/h7-22,24-29,40H,1-6H3;3*1H;/q;;;;+3/p-3. The molecule has 0 spiro atoms. The van der Waals surface area contributed by atoms with Crippen molar-refractivity contribution in [1.29, 1.82) is 0 Å². The first-order valence-corrected chi connectivity index (χ1v) is 18.3. The van der Waals surface area contributed by atoms with Gasteiger partial charge in [-0.15, -0.1) is 0 Å². The fourth-order valence-corrected chi connectivity index (χ4v) is 13.7. The van der Waals surface area contributed by atoms with Crippen LogP contribution in [0.2, 0.25) is 0 Å². The Balaban J connectivity index is 0.00000184. The van der Waals surface area contributed by atoms with Crippen LogP contribution in [0.3, 0.4) is 0 Å². The number of benzene rings is 5. The minimum Gasteiger partial charge on any atom is -1.00 e. The van der Waals surface area contributed by atoms with Gasteiger partial charge in [-0.3, -0.25) is 0 Å². The number of fused-ring (bicyclic) bond motifs is 3. The van der Waals surface area contributed by atoms with E-state index in [1.165, 1.54) is 58.4 Å². The third-order valence-corrected chi connectivity index (χ3v) is 15.2. The summed E-state index contributed by atoms with van der Waals surface area (Å²) in [6.45, 7) is 13.9. The van der Waals surface area contributed by atoms with Gasteiger partial charge in [-0.25, -0.2) is 0 Å². The minimum atomic E-state index is -2.76. The average Bonchev–Trinajstić information content (AvgIpc) is 3.34. The van der Waals surface area contributed by atoms with Crippen molar-refractivity contribution in [2.75, 3.05) is 0 Å². The summed E-state index contributed by atoms with van der Waals surface area (Å²) in [6.07, 6.45) is 0. The number of rotatable bonds is 7. The summed E-state index contributed by atoms with van der Waals surface area (Å²) in [5, 5.41) is 4.52. The summed E-state index contributed by atoms with van der Waals surface area (Å²) in [4.78, 5) is 0. The molecule has 0 N–H and O–H groups in total. The summed E-state index contributed by atoms with van der Waals surface area (Å²) in [6, 6.07) is 45.2. The van der Waals surface area contributed by atoms with Crippen LogP contribution >= 0.6 is 0 Å². The molecule has 0 saturated carbocycles. The second-order valence-electron chi connectivity index (χ2n) is 12.9. The van der Waals surface area contributed by atoms with Crippen molar-refractivity contribution in [1.82, 2.24) is 0 Å². The van der Waals surface area contributed by atoms with Gasteiger partial charge in [-0.05, 0) is 0 Å². The topological polar surface area (TPSA) is 0 Å². The molecule has 6 rings (SSSR count). The smallest absolute Gasteiger partial charge is 1.00 e. The monoisotopic (exact) mass is 702 g/mol. The Hall–Kier alpha value is -2.10. The van der Waals surface area contributed by atoms with E-state index in [2.05, 4.69) is 177 Å². The minimum absolute atomic E-state index is 0. The van der Waals surface area contributed by atoms with Crippen LogP contribution in [-0.2, 0) is 20.4 Å². The van der Waals surface area contributed by atoms with E-state index in [-0.39, 0.29) is 42.8 Å². The fourth-order valence-electron chi connectivity index (χ4n) is 7.14. The molecule has 0 radical (unpaired) electrons. The first-order chi connectivity index (χ1) is 20.2. The summed E-state index contributed by atoms with van der Waals surface area (Å²) in [5.74, 6) is 1.39. The molecule has 0 nitrogen and oxygen atoms in total. The second kappa shape index (κ2) is 15.2. The third kappa shape index (κ3) is 6.55. The number of hydrogen-bond donors (Lipinski definition) is 0. The largest absolute Gasteiger partial charge is 1.00 e. The average molecular weight is 704 g/mol. The van der Waals surface area contributed by atoms with Gasteiger partial charge in [0.15, 0.2) is 0 Å². The molecular formula is C40H41Cl3SiTi.